The van der Waals surface area contributed by atoms with E-state index in [1.165, 1.54) is 49.6 Å². The first-order valence-corrected chi connectivity index (χ1v) is 14.3. The Morgan fingerprint density at radius 1 is 0.689 bits per heavy atom. The van der Waals surface area contributed by atoms with Crippen LogP contribution in [0.4, 0.5) is 0 Å². The zero-order chi connectivity index (χ0) is 33.1. The van der Waals surface area contributed by atoms with Crippen LogP contribution in [0.5, 0.6) is 34.5 Å². The van der Waals surface area contributed by atoms with Gasteiger partial charge in [-0.2, -0.15) is 0 Å². The zero-order valence-corrected chi connectivity index (χ0v) is 26.0. The van der Waals surface area contributed by atoms with Gasteiger partial charge < -0.3 is 29.9 Å². The van der Waals surface area contributed by atoms with E-state index >= 15 is 0 Å². The summed E-state index contributed by atoms with van der Waals surface area (Å²) in [5, 5.41) is 38.4. The minimum atomic E-state index is -0.178. The summed E-state index contributed by atoms with van der Waals surface area (Å²) in [5.74, 6) is 1.38. The molecule has 0 spiro atoms. The maximum Gasteiger partial charge on any atom is 0.185 e. The van der Waals surface area contributed by atoms with Crippen molar-refractivity contribution in [2.75, 3.05) is 14.2 Å². The fourth-order valence-electron chi connectivity index (χ4n) is 4.54. The number of ether oxygens (including phenoxy) is 2. The van der Waals surface area contributed by atoms with Crippen molar-refractivity contribution in [1.82, 2.24) is 0 Å². The Balaban J connectivity index is 0.000000248. The van der Waals surface area contributed by atoms with E-state index < -0.39 is 0 Å². The Kier molecular flexibility index (Phi) is 12.0. The predicted molar refractivity (Wildman–Crippen MR) is 176 cm³/mol. The van der Waals surface area contributed by atoms with Crippen molar-refractivity contribution < 1.29 is 39.5 Å². The molecule has 0 unspecified atom stereocenters. The average Bonchev–Trinajstić information content (AvgIpc) is 3.04. The van der Waals surface area contributed by atoms with E-state index in [1.807, 2.05) is 19.9 Å². The number of phenolic OH excluding ortho intramolecular Hbond substituents is 4. The molecule has 4 aromatic rings. The molecule has 0 fully saturated rings. The Hall–Kier alpha value is -5.50. The molecule has 0 aliphatic rings. The van der Waals surface area contributed by atoms with Gasteiger partial charge in [-0.1, -0.05) is 13.8 Å². The average molecular weight is 611 g/mol. The molecule has 0 aliphatic carbocycles. The molecule has 0 radical (unpaired) electrons. The number of carbonyl (C=O) groups excluding carboxylic acids is 2. The normalized spacial score (nSPS) is 10.9. The lowest BCUT2D eigenvalue weighted by atomic mass is 9.98. The van der Waals surface area contributed by atoms with Crippen molar-refractivity contribution in [3.8, 4) is 34.5 Å². The third kappa shape index (κ3) is 8.76. The van der Waals surface area contributed by atoms with Crippen LogP contribution in [-0.2, 0) is 12.8 Å². The minimum absolute atomic E-state index is 0.117. The highest BCUT2D eigenvalue weighted by molar-refractivity contribution is 6.07. The van der Waals surface area contributed by atoms with Crippen molar-refractivity contribution in [2.45, 2.75) is 33.6 Å². The van der Waals surface area contributed by atoms with Gasteiger partial charge in [0.05, 0.1) is 14.2 Å². The van der Waals surface area contributed by atoms with E-state index in [1.54, 1.807) is 56.5 Å². The number of rotatable bonds is 10. The quantitative estimate of drug-likeness (QED) is 0.108. The van der Waals surface area contributed by atoms with E-state index in [0.29, 0.717) is 46.6 Å². The highest BCUT2D eigenvalue weighted by Crippen LogP contribution is 2.36. The SMILES string of the molecule is CCc1cc(/C=C/C(=O)c2ccc(O)cc2)c(OC)c(CC)c1O.COc1cc(O)c(C)cc1/C=C/C(=O)c1ccc(O)cc1. The fraction of sp³-hybridized carbons (Fsp3) is 0.189. The molecule has 8 nitrogen and oxygen atoms in total. The highest BCUT2D eigenvalue weighted by atomic mass is 16.5. The van der Waals surface area contributed by atoms with E-state index in [4.69, 9.17) is 9.47 Å². The Labute approximate surface area is 263 Å². The van der Waals surface area contributed by atoms with Crippen LogP contribution in [0.2, 0.25) is 0 Å². The van der Waals surface area contributed by atoms with Crippen molar-refractivity contribution in [3.63, 3.8) is 0 Å². The van der Waals surface area contributed by atoms with Crippen LogP contribution in [0, 0.1) is 6.92 Å². The summed E-state index contributed by atoms with van der Waals surface area (Å²) in [6, 6.07) is 17.2. The van der Waals surface area contributed by atoms with Gasteiger partial charge in [-0.05, 0) is 116 Å². The number of benzene rings is 4. The smallest absolute Gasteiger partial charge is 0.185 e. The maximum atomic E-state index is 12.2. The predicted octanol–water partition coefficient (Wildman–Crippen LogP) is 7.44. The summed E-state index contributed by atoms with van der Waals surface area (Å²) in [7, 11) is 3.06. The highest BCUT2D eigenvalue weighted by Gasteiger charge is 2.15. The van der Waals surface area contributed by atoms with Gasteiger partial charge in [0.25, 0.3) is 0 Å². The molecule has 4 aromatic carbocycles. The number of ketones is 2. The summed E-state index contributed by atoms with van der Waals surface area (Å²) in [4.78, 5) is 24.3. The number of methoxy groups -OCH3 is 2. The summed E-state index contributed by atoms with van der Waals surface area (Å²) < 4.78 is 10.6. The second-order valence-corrected chi connectivity index (χ2v) is 10.1. The molecule has 4 N–H and O–H groups in total. The summed E-state index contributed by atoms with van der Waals surface area (Å²) >= 11 is 0. The third-order valence-electron chi connectivity index (χ3n) is 7.08. The van der Waals surface area contributed by atoms with E-state index in [9.17, 15) is 30.0 Å². The monoisotopic (exact) mass is 610 g/mol. The summed E-state index contributed by atoms with van der Waals surface area (Å²) in [6.07, 6.45) is 7.57. The van der Waals surface area contributed by atoms with Gasteiger partial charge in [0.15, 0.2) is 11.6 Å². The standard InChI is InChI=1S/C20H22O4.C17H16O4/c1-4-13-12-15(20(24-3)17(5-2)19(13)23)8-11-18(22)14-6-9-16(21)10-7-14;1-11-9-13(17(21-2)10-16(11)20)5-8-15(19)12-3-6-14(18)7-4-12/h6-12,21,23H,4-5H2,1-3H3;3-10,18,20H,1-2H3/b11-8+;8-5+. The third-order valence-corrected chi connectivity index (χ3v) is 7.08. The Morgan fingerprint density at radius 3 is 1.64 bits per heavy atom. The summed E-state index contributed by atoms with van der Waals surface area (Å²) in [6.45, 7) is 5.69. The molecule has 0 amide bonds. The molecule has 8 heteroatoms. The van der Waals surface area contributed by atoms with Gasteiger partial charge in [-0.15, -0.1) is 0 Å². The van der Waals surface area contributed by atoms with Crippen LogP contribution in [-0.4, -0.2) is 46.2 Å². The molecule has 0 heterocycles. The molecule has 0 aromatic heterocycles. The van der Waals surface area contributed by atoms with Gasteiger partial charge in [-0.3, -0.25) is 9.59 Å². The van der Waals surface area contributed by atoms with Crippen LogP contribution in [0.1, 0.15) is 62.4 Å². The van der Waals surface area contributed by atoms with E-state index in [0.717, 1.165) is 16.7 Å². The van der Waals surface area contributed by atoms with Gasteiger partial charge in [-0.25, -0.2) is 0 Å². The molecule has 234 valence electrons. The van der Waals surface area contributed by atoms with E-state index in [2.05, 4.69) is 0 Å². The van der Waals surface area contributed by atoms with Crippen LogP contribution < -0.4 is 9.47 Å². The first kappa shape index (κ1) is 34.0. The second kappa shape index (κ2) is 15.8. The van der Waals surface area contributed by atoms with Crippen molar-refractivity contribution in [3.05, 3.63) is 118 Å². The largest absolute Gasteiger partial charge is 0.508 e. The molecule has 0 bridgehead atoms. The van der Waals surface area contributed by atoms with Crippen LogP contribution >= 0.6 is 0 Å². The first-order chi connectivity index (χ1) is 21.5. The van der Waals surface area contributed by atoms with Crippen LogP contribution in [0.25, 0.3) is 12.2 Å². The minimum Gasteiger partial charge on any atom is -0.508 e. The molecule has 45 heavy (non-hydrogen) atoms. The number of hydrogen-bond donors (Lipinski definition) is 4. The van der Waals surface area contributed by atoms with Gasteiger partial charge >= 0.3 is 0 Å². The van der Waals surface area contributed by atoms with Crippen molar-refractivity contribution >= 4 is 23.7 Å². The lowest BCUT2D eigenvalue weighted by Gasteiger charge is -2.15. The number of hydrogen-bond acceptors (Lipinski definition) is 8. The molecule has 0 saturated carbocycles. The lowest BCUT2D eigenvalue weighted by molar-refractivity contribution is 0.103. The van der Waals surface area contributed by atoms with Crippen molar-refractivity contribution in [1.29, 1.82) is 0 Å². The second-order valence-electron chi connectivity index (χ2n) is 10.1. The van der Waals surface area contributed by atoms with Crippen LogP contribution in [0.3, 0.4) is 0 Å². The zero-order valence-electron chi connectivity index (χ0n) is 26.0. The Bertz CT molecular complexity index is 1700. The number of carbonyl (C=O) groups is 2. The van der Waals surface area contributed by atoms with Gasteiger partial charge in [0.2, 0.25) is 0 Å². The molecule has 4 rings (SSSR count). The lowest BCUT2D eigenvalue weighted by Crippen LogP contribution is -1.99. The van der Waals surface area contributed by atoms with E-state index in [-0.39, 0.29) is 34.6 Å². The first-order valence-electron chi connectivity index (χ1n) is 14.3. The molecular formula is C37H38O8. The van der Waals surface area contributed by atoms with Gasteiger partial charge in [0, 0.05) is 33.9 Å². The number of aromatic hydroxyl groups is 4. The molecule has 0 saturated heterocycles. The van der Waals surface area contributed by atoms with Gasteiger partial charge in [0.1, 0.15) is 34.5 Å². The topological polar surface area (TPSA) is 134 Å². The number of aryl methyl sites for hydroxylation is 2. The fourth-order valence-corrected chi connectivity index (χ4v) is 4.54. The molecule has 0 aliphatic heterocycles. The maximum absolute atomic E-state index is 12.2. The number of phenols is 4. The number of allylic oxidation sites excluding steroid dienone is 2. The van der Waals surface area contributed by atoms with Crippen LogP contribution in [0.15, 0.2) is 78.9 Å². The summed E-state index contributed by atoms with van der Waals surface area (Å²) in [5.41, 5.74) is 4.72. The Morgan fingerprint density at radius 2 is 1.20 bits per heavy atom. The van der Waals surface area contributed by atoms with Crippen molar-refractivity contribution in [2.24, 2.45) is 0 Å². The molecule has 0 atom stereocenters. The molecular weight excluding hydrogens is 572 g/mol.